The summed E-state index contributed by atoms with van der Waals surface area (Å²) in [5.74, 6) is 0.818. The van der Waals surface area contributed by atoms with Crippen LogP contribution in [0.1, 0.15) is 61.5 Å². The number of rotatable bonds is 4. The Morgan fingerprint density at radius 1 is 0.725 bits per heavy atom. The second-order valence-corrected chi connectivity index (χ2v) is 17.8. The lowest BCUT2D eigenvalue weighted by Gasteiger charge is -2.40. The average molecular weight is 783 g/mol. The third-order valence-electron chi connectivity index (χ3n) is 8.94. The van der Waals surface area contributed by atoms with E-state index in [4.69, 9.17) is 14.7 Å². The molecule has 0 aromatic carbocycles. The molecule has 2 aliphatic rings. The fourth-order valence-corrected chi connectivity index (χ4v) is 14.0. The maximum absolute atomic E-state index is 13.2. The lowest BCUT2D eigenvalue weighted by Crippen LogP contribution is -2.37. The molecule has 8 rings (SSSR count). The van der Waals surface area contributed by atoms with Gasteiger partial charge in [0.25, 0.3) is 11.1 Å². The smallest absolute Gasteiger partial charge is 0.269 e. The third-order valence-corrected chi connectivity index (χ3v) is 15.8. The van der Waals surface area contributed by atoms with Crippen molar-refractivity contribution in [3.8, 4) is 39.8 Å². The summed E-state index contributed by atoms with van der Waals surface area (Å²) in [4.78, 5) is 40.1. The topological polar surface area (TPSA) is 174 Å². The second-order valence-electron chi connectivity index (χ2n) is 11.7. The summed E-state index contributed by atoms with van der Waals surface area (Å²) in [6.07, 6.45) is 8.40. The van der Waals surface area contributed by atoms with Crippen LogP contribution in [0.5, 0.6) is 5.75 Å². The molecule has 0 radical (unpaired) electrons. The van der Waals surface area contributed by atoms with Crippen LogP contribution in [0.3, 0.4) is 0 Å². The Bertz CT molecular complexity index is 2980. The van der Waals surface area contributed by atoms with Crippen LogP contribution in [-0.2, 0) is 18.7 Å². The van der Waals surface area contributed by atoms with Gasteiger partial charge >= 0.3 is 0 Å². The second kappa shape index (κ2) is 12.8. The van der Waals surface area contributed by atoms with Gasteiger partial charge in [-0.25, -0.2) is 9.97 Å². The standard InChI is InChI=1S/C34H22N8O3S6/c1-3-41-30(43)18(46-32(41)16(12-35)13-36)10-20-39-28-25(48-20)22-24(50-28)26-23(45-34(22)8-6-5-7-9-34)27-29(51-26)40-21(49-27)11-19-31(44)42(4-2)33(47-19)17(14-37)15-38/h10-11H,3-9H2,1-2H3/b18-10-,19-11+. The highest BCUT2D eigenvalue weighted by atomic mass is 32.1. The summed E-state index contributed by atoms with van der Waals surface area (Å²) >= 11 is 8.44. The van der Waals surface area contributed by atoms with E-state index in [1.54, 1.807) is 41.7 Å². The number of nitrogens with zero attached hydrogens (tertiary/aromatic N) is 8. The third kappa shape index (κ3) is 5.15. The van der Waals surface area contributed by atoms with Gasteiger partial charge in [0.15, 0.2) is 16.9 Å². The van der Waals surface area contributed by atoms with E-state index < -0.39 is 5.60 Å². The predicted octanol–water partition coefficient (Wildman–Crippen LogP) is 4.79. The van der Waals surface area contributed by atoms with Gasteiger partial charge in [0.05, 0.1) is 23.5 Å². The Kier molecular flexibility index (Phi) is 8.39. The van der Waals surface area contributed by atoms with Crippen LogP contribution < -0.4 is 34.2 Å². The quantitative estimate of drug-likeness (QED) is 0.244. The van der Waals surface area contributed by atoms with Gasteiger partial charge < -0.3 is 4.74 Å². The van der Waals surface area contributed by atoms with Gasteiger partial charge in [-0.3, -0.25) is 18.7 Å². The first-order valence-electron chi connectivity index (χ1n) is 15.9. The Hall–Kier alpha value is -4.72. The van der Waals surface area contributed by atoms with Crippen molar-refractivity contribution in [1.82, 2.24) is 19.1 Å². The highest BCUT2D eigenvalue weighted by Crippen LogP contribution is 2.61. The first kappa shape index (κ1) is 33.4. The van der Waals surface area contributed by atoms with E-state index in [-0.39, 0.29) is 22.3 Å². The number of thiazole rings is 4. The van der Waals surface area contributed by atoms with Crippen molar-refractivity contribution < 1.29 is 4.74 Å². The maximum atomic E-state index is 13.2. The average Bonchev–Trinajstić information content (AvgIpc) is 3.96. The van der Waals surface area contributed by atoms with E-state index in [2.05, 4.69) is 0 Å². The molecule has 0 saturated heterocycles. The van der Waals surface area contributed by atoms with Crippen molar-refractivity contribution in [2.24, 2.45) is 0 Å². The number of nitriles is 4. The Morgan fingerprint density at radius 2 is 1.22 bits per heavy atom. The van der Waals surface area contributed by atoms with Crippen LogP contribution in [0.4, 0.5) is 0 Å². The fraction of sp³-hybridized carbons (Fsp3) is 0.294. The molecule has 1 saturated carbocycles. The molecule has 11 nitrogen and oxygen atoms in total. The van der Waals surface area contributed by atoms with Crippen LogP contribution in [0.2, 0.25) is 0 Å². The van der Waals surface area contributed by atoms with Crippen LogP contribution in [0.25, 0.3) is 52.1 Å². The van der Waals surface area contributed by atoms with Crippen molar-refractivity contribution >= 4 is 110 Å². The molecule has 6 aromatic heterocycles. The van der Waals surface area contributed by atoms with Gasteiger partial charge in [0, 0.05) is 18.7 Å². The Labute approximate surface area is 312 Å². The number of hydrogen-bond donors (Lipinski definition) is 0. The predicted molar refractivity (Wildman–Crippen MR) is 203 cm³/mol. The van der Waals surface area contributed by atoms with Crippen LogP contribution >= 0.6 is 68.0 Å². The fourth-order valence-electron chi connectivity index (χ4n) is 6.69. The van der Waals surface area contributed by atoms with Crippen molar-refractivity contribution in [2.75, 3.05) is 0 Å². The molecule has 0 amide bonds. The molecular formula is C34H22N8O3S6. The lowest BCUT2D eigenvalue weighted by atomic mass is 9.78. The normalized spacial score (nSPS) is 15.3. The Balaban J connectivity index is 1.27. The Morgan fingerprint density at radius 3 is 1.73 bits per heavy atom. The lowest BCUT2D eigenvalue weighted by molar-refractivity contribution is 0.0282. The first-order chi connectivity index (χ1) is 24.8. The molecule has 1 fully saturated rings. The summed E-state index contributed by atoms with van der Waals surface area (Å²) < 4.78 is 13.5. The highest BCUT2D eigenvalue weighted by molar-refractivity contribution is 7.34. The minimum atomic E-state index is -0.530. The van der Waals surface area contributed by atoms with E-state index >= 15 is 0 Å². The molecule has 6 aromatic rings. The molecule has 0 bridgehead atoms. The van der Waals surface area contributed by atoms with Crippen molar-refractivity contribution in [3.05, 3.63) is 54.7 Å². The monoisotopic (exact) mass is 782 g/mol. The zero-order chi connectivity index (χ0) is 35.6. The van der Waals surface area contributed by atoms with E-state index in [1.165, 1.54) is 31.8 Å². The van der Waals surface area contributed by atoms with E-state index in [1.807, 2.05) is 31.2 Å². The molecule has 0 N–H and O–H groups in total. The molecule has 1 aliphatic heterocycles. The largest absolute Gasteiger partial charge is 0.479 e. The van der Waals surface area contributed by atoms with Crippen molar-refractivity contribution in [3.63, 3.8) is 0 Å². The number of hydrogen-bond acceptors (Lipinski definition) is 15. The molecule has 252 valence electrons. The van der Waals surface area contributed by atoms with Gasteiger partial charge in [0.1, 0.15) is 63.6 Å². The molecule has 17 heteroatoms. The maximum Gasteiger partial charge on any atom is 0.269 e. The summed E-state index contributed by atoms with van der Waals surface area (Å²) in [5, 5.41) is 39.1. The van der Waals surface area contributed by atoms with Crippen LogP contribution in [0.15, 0.2) is 9.59 Å². The van der Waals surface area contributed by atoms with Gasteiger partial charge in [-0.15, -0.1) is 68.0 Å². The van der Waals surface area contributed by atoms with Gasteiger partial charge in [-0.05, 0) is 51.7 Å². The highest BCUT2D eigenvalue weighted by Gasteiger charge is 2.47. The van der Waals surface area contributed by atoms with Gasteiger partial charge in [-0.2, -0.15) is 21.0 Å². The zero-order valence-electron chi connectivity index (χ0n) is 26.9. The number of ether oxygens (including phenoxy) is 1. The minimum Gasteiger partial charge on any atom is -0.479 e. The number of fused-ring (bicyclic) bond motifs is 8. The summed E-state index contributed by atoms with van der Waals surface area (Å²) in [6.45, 7) is 4.31. The molecule has 0 atom stereocenters. The summed E-state index contributed by atoms with van der Waals surface area (Å²) in [6, 6.07) is 7.61. The SMILES string of the molecule is CCn1c(=C(C#N)C#N)s/c(=C\c2nc3sc4c(c3s2)C2(CCCCC2)Oc2c-4sc3nc(/C=c4/sc(=C(C#N)C#N)n(CC)c4=O)sc23)c1=O. The summed E-state index contributed by atoms with van der Waals surface area (Å²) in [7, 11) is 0. The van der Waals surface area contributed by atoms with E-state index in [0.29, 0.717) is 41.5 Å². The minimum absolute atomic E-state index is 0.0840. The molecule has 1 spiro atoms. The van der Waals surface area contributed by atoms with Crippen LogP contribution in [0, 0.1) is 45.3 Å². The number of aromatic nitrogens is 4. The molecule has 0 unspecified atom stereocenters. The van der Waals surface area contributed by atoms with E-state index in [9.17, 15) is 30.6 Å². The summed E-state index contributed by atoms with van der Waals surface area (Å²) in [5.41, 5.74) is -0.0500. The van der Waals surface area contributed by atoms with Gasteiger partial charge in [-0.1, -0.05) is 6.42 Å². The van der Waals surface area contributed by atoms with Crippen molar-refractivity contribution in [2.45, 2.75) is 64.6 Å². The van der Waals surface area contributed by atoms with Crippen LogP contribution in [-0.4, -0.2) is 19.1 Å². The number of thiophene rings is 2. The molecule has 1 aliphatic carbocycles. The molecular weight excluding hydrogens is 761 g/mol. The molecule has 51 heavy (non-hydrogen) atoms. The first-order valence-corrected chi connectivity index (χ1v) is 20.8. The zero-order valence-corrected chi connectivity index (χ0v) is 31.8. The van der Waals surface area contributed by atoms with E-state index in [0.717, 1.165) is 94.9 Å². The molecule has 7 heterocycles. The van der Waals surface area contributed by atoms with Crippen molar-refractivity contribution in [1.29, 1.82) is 21.0 Å². The van der Waals surface area contributed by atoms with Gasteiger partial charge in [0.2, 0.25) is 0 Å².